The van der Waals surface area contributed by atoms with Crippen molar-refractivity contribution in [2.45, 2.75) is 26.3 Å². The molecule has 2 aromatic rings. The van der Waals surface area contributed by atoms with Crippen LogP contribution in [0.25, 0.3) is 5.76 Å². The molecule has 2 aromatic carbocycles. The van der Waals surface area contributed by atoms with Crippen molar-refractivity contribution in [3.05, 3.63) is 70.5 Å². The van der Waals surface area contributed by atoms with Gasteiger partial charge in [-0.25, -0.2) is 4.39 Å². The average Bonchev–Trinajstić information content (AvgIpc) is 3.11. The predicted octanol–water partition coefficient (Wildman–Crippen LogP) is 3.68. The van der Waals surface area contributed by atoms with E-state index in [1.807, 2.05) is 13.8 Å². The first-order valence-corrected chi connectivity index (χ1v) is 12.0. The Kier molecular flexibility index (Phi) is 7.83. The number of Topliss-reactive ketones (excluding diaryl/α,β-unsaturated/α-hetero) is 1. The lowest BCUT2D eigenvalue weighted by Crippen LogP contribution is -2.38. The number of aliphatic hydroxyl groups excluding tert-OH is 1. The van der Waals surface area contributed by atoms with Gasteiger partial charge in [0.05, 0.1) is 31.4 Å². The topological polar surface area (TPSA) is 79.3 Å². The third kappa shape index (κ3) is 5.39. The van der Waals surface area contributed by atoms with Crippen LogP contribution in [-0.2, 0) is 14.3 Å². The second-order valence-electron chi connectivity index (χ2n) is 8.76. The maximum absolute atomic E-state index is 13.7. The number of ether oxygens (including phenoxy) is 2. The van der Waals surface area contributed by atoms with Crippen LogP contribution in [-0.4, -0.2) is 72.6 Å². The van der Waals surface area contributed by atoms with Crippen molar-refractivity contribution in [3.63, 3.8) is 0 Å². The molecule has 186 valence electrons. The van der Waals surface area contributed by atoms with E-state index in [4.69, 9.17) is 9.47 Å². The minimum atomic E-state index is -0.799. The normalized spacial score (nSPS) is 20.4. The first-order valence-electron chi connectivity index (χ1n) is 12.0. The number of rotatable bonds is 8. The van der Waals surface area contributed by atoms with E-state index in [0.717, 1.165) is 25.2 Å². The smallest absolute Gasteiger partial charge is 0.295 e. The van der Waals surface area contributed by atoms with E-state index in [9.17, 15) is 19.1 Å². The summed E-state index contributed by atoms with van der Waals surface area (Å²) in [5, 5.41) is 11.2. The van der Waals surface area contributed by atoms with Crippen molar-refractivity contribution in [1.82, 2.24) is 9.80 Å². The summed E-state index contributed by atoms with van der Waals surface area (Å²) >= 11 is 0. The van der Waals surface area contributed by atoms with Gasteiger partial charge in [0.1, 0.15) is 17.3 Å². The molecule has 2 aliphatic heterocycles. The molecule has 4 rings (SSSR count). The molecule has 0 spiro atoms. The van der Waals surface area contributed by atoms with E-state index in [1.54, 1.807) is 30.3 Å². The number of aliphatic hydroxyl groups is 1. The van der Waals surface area contributed by atoms with Gasteiger partial charge in [0.15, 0.2) is 0 Å². The van der Waals surface area contributed by atoms with Crippen molar-refractivity contribution < 1.29 is 28.6 Å². The standard InChI is InChI=1S/C27H31FN2O5/c1-3-35-22-10-7-20(17-18(22)2)25(31)23-24(19-5-8-21(28)9-6-19)30(27(33)26(23)32)12-4-11-29-13-15-34-16-14-29/h5-10,17,24,31H,3-4,11-16H2,1-2H3/t24-/m0/s1. The van der Waals surface area contributed by atoms with Gasteiger partial charge in [-0.05, 0) is 61.7 Å². The van der Waals surface area contributed by atoms with Gasteiger partial charge in [-0.15, -0.1) is 0 Å². The molecule has 2 fully saturated rings. The van der Waals surface area contributed by atoms with Gasteiger partial charge in [-0.3, -0.25) is 14.5 Å². The monoisotopic (exact) mass is 482 g/mol. The maximum Gasteiger partial charge on any atom is 0.295 e. The Labute approximate surface area is 204 Å². The number of likely N-dealkylation sites (tertiary alicyclic amines) is 1. The molecular formula is C27H31FN2O5. The van der Waals surface area contributed by atoms with E-state index in [-0.39, 0.29) is 11.3 Å². The number of benzene rings is 2. The summed E-state index contributed by atoms with van der Waals surface area (Å²) in [6, 6.07) is 10.0. The Hall–Kier alpha value is -3.23. The van der Waals surface area contributed by atoms with Crippen LogP contribution in [0.4, 0.5) is 4.39 Å². The summed E-state index contributed by atoms with van der Waals surface area (Å²) in [6.45, 7) is 8.37. The second kappa shape index (κ2) is 11.0. The van der Waals surface area contributed by atoms with Gasteiger partial charge in [0.25, 0.3) is 11.7 Å². The van der Waals surface area contributed by atoms with Gasteiger partial charge in [0, 0.05) is 31.7 Å². The number of carbonyl (C=O) groups is 2. The largest absolute Gasteiger partial charge is 0.507 e. The Morgan fingerprint density at radius 2 is 1.83 bits per heavy atom. The minimum Gasteiger partial charge on any atom is -0.507 e. The molecule has 1 N–H and O–H groups in total. The van der Waals surface area contributed by atoms with Crippen molar-refractivity contribution >= 4 is 17.4 Å². The molecule has 8 heteroatoms. The van der Waals surface area contributed by atoms with E-state index < -0.39 is 23.5 Å². The molecule has 1 atom stereocenters. The molecule has 0 aromatic heterocycles. The predicted molar refractivity (Wildman–Crippen MR) is 130 cm³/mol. The highest BCUT2D eigenvalue weighted by Gasteiger charge is 2.45. The molecule has 0 radical (unpaired) electrons. The summed E-state index contributed by atoms with van der Waals surface area (Å²) in [7, 11) is 0. The van der Waals surface area contributed by atoms with Crippen LogP contribution in [0.5, 0.6) is 5.75 Å². The third-order valence-corrected chi connectivity index (χ3v) is 6.45. The van der Waals surface area contributed by atoms with E-state index in [0.29, 0.717) is 49.7 Å². The highest BCUT2D eigenvalue weighted by Crippen LogP contribution is 2.40. The molecule has 0 saturated carbocycles. The average molecular weight is 483 g/mol. The molecular weight excluding hydrogens is 451 g/mol. The van der Waals surface area contributed by atoms with Crippen LogP contribution in [0.1, 0.15) is 36.1 Å². The second-order valence-corrected chi connectivity index (χ2v) is 8.76. The zero-order valence-corrected chi connectivity index (χ0v) is 20.1. The minimum absolute atomic E-state index is 0.0107. The van der Waals surface area contributed by atoms with Gasteiger partial charge in [-0.1, -0.05) is 12.1 Å². The molecule has 7 nitrogen and oxygen atoms in total. The lowest BCUT2D eigenvalue weighted by molar-refractivity contribution is -0.140. The Balaban J connectivity index is 1.67. The highest BCUT2D eigenvalue weighted by molar-refractivity contribution is 6.46. The zero-order chi connectivity index (χ0) is 24.9. The molecule has 35 heavy (non-hydrogen) atoms. The number of morpholine rings is 1. The molecule has 2 saturated heterocycles. The summed E-state index contributed by atoms with van der Waals surface area (Å²) in [6.07, 6.45) is 0.660. The van der Waals surface area contributed by atoms with Crippen LogP contribution >= 0.6 is 0 Å². The van der Waals surface area contributed by atoms with Crippen LogP contribution in [0, 0.1) is 12.7 Å². The number of ketones is 1. The lowest BCUT2D eigenvalue weighted by Gasteiger charge is -2.29. The van der Waals surface area contributed by atoms with Crippen LogP contribution in [0.2, 0.25) is 0 Å². The van der Waals surface area contributed by atoms with Gasteiger partial charge in [-0.2, -0.15) is 0 Å². The Morgan fingerprint density at radius 1 is 1.11 bits per heavy atom. The lowest BCUT2D eigenvalue weighted by atomic mass is 9.94. The number of hydrogen-bond acceptors (Lipinski definition) is 6. The van der Waals surface area contributed by atoms with Gasteiger partial charge in [0.2, 0.25) is 0 Å². The first kappa shape index (κ1) is 24.9. The third-order valence-electron chi connectivity index (χ3n) is 6.45. The number of amides is 1. The Morgan fingerprint density at radius 3 is 2.49 bits per heavy atom. The van der Waals surface area contributed by atoms with Crippen molar-refractivity contribution in [2.24, 2.45) is 0 Å². The summed E-state index contributed by atoms with van der Waals surface area (Å²) in [5.41, 5.74) is 1.80. The number of halogens is 1. The quantitative estimate of drug-likeness (QED) is 0.351. The van der Waals surface area contributed by atoms with E-state index >= 15 is 0 Å². The Bertz CT molecular complexity index is 1110. The summed E-state index contributed by atoms with van der Waals surface area (Å²) in [5.74, 6) is -1.39. The van der Waals surface area contributed by atoms with Gasteiger partial charge < -0.3 is 19.5 Å². The summed E-state index contributed by atoms with van der Waals surface area (Å²) < 4.78 is 24.6. The number of hydrogen-bond donors (Lipinski definition) is 1. The number of aryl methyl sites for hydroxylation is 1. The molecule has 0 aliphatic carbocycles. The van der Waals surface area contributed by atoms with Gasteiger partial charge >= 0.3 is 0 Å². The first-order chi connectivity index (χ1) is 16.9. The van der Waals surface area contributed by atoms with E-state index in [1.165, 1.54) is 17.0 Å². The van der Waals surface area contributed by atoms with Crippen LogP contribution in [0.3, 0.4) is 0 Å². The fraction of sp³-hybridized carbons (Fsp3) is 0.407. The molecule has 0 unspecified atom stereocenters. The number of nitrogens with zero attached hydrogens (tertiary/aromatic N) is 2. The SMILES string of the molecule is CCOc1ccc(C(O)=C2C(=O)C(=O)N(CCCN3CCOCC3)[C@H]2c2ccc(F)cc2)cc1C. The molecule has 2 aliphatic rings. The van der Waals surface area contributed by atoms with E-state index in [2.05, 4.69) is 4.90 Å². The molecule has 0 bridgehead atoms. The maximum atomic E-state index is 13.7. The van der Waals surface area contributed by atoms with Crippen molar-refractivity contribution in [2.75, 3.05) is 46.0 Å². The number of carbonyl (C=O) groups excluding carboxylic acids is 2. The fourth-order valence-electron chi connectivity index (χ4n) is 4.66. The molecule has 2 heterocycles. The van der Waals surface area contributed by atoms with Crippen molar-refractivity contribution in [3.8, 4) is 5.75 Å². The zero-order valence-electron chi connectivity index (χ0n) is 20.1. The van der Waals surface area contributed by atoms with Crippen LogP contribution < -0.4 is 4.74 Å². The van der Waals surface area contributed by atoms with Crippen LogP contribution in [0.15, 0.2) is 48.0 Å². The highest BCUT2D eigenvalue weighted by atomic mass is 19.1. The fourth-order valence-corrected chi connectivity index (χ4v) is 4.66. The molecule has 1 amide bonds. The van der Waals surface area contributed by atoms with Crippen molar-refractivity contribution in [1.29, 1.82) is 0 Å². The summed E-state index contributed by atoms with van der Waals surface area (Å²) in [4.78, 5) is 30.0.